The predicted molar refractivity (Wildman–Crippen MR) is 74.1 cm³/mol. The van der Waals surface area contributed by atoms with E-state index in [4.69, 9.17) is 0 Å². The Bertz CT molecular complexity index is 462. The Hall–Kier alpha value is -1.68. The number of amides is 1. The highest BCUT2D eigenvalue weighted by atomic mass is 19.1. The topological polar surface area (TPSA) is 41.1 Å². The van der Waals surface area contributed by atoms with Crippen molar-refractivity contribution in [2.24, 2.45) is 0 Å². The number of piperidine rings is 1. The molecular weight excluding hydrogens is 243 g/mol. The summed E-state index contributed by atoms with van der Waals surface area (Å²) >= 11 is 0. The van der Waals surface area contributed by atoms with Crippen LogP contribution in [0.25, 0.3) is 6.08 Å². The molecule has 102 valence electrons. The third-order valence-corrected chi connectivity index (χ3v) is 3.24. The van der Waals surface area contributed by atoms with E-state index in [0.717, 1.165) is 31.5 Å². The molecule has 0 bridgehead atoms. The van der Waals surface area contributed by atoms with E-state index in [-0.39, 0.29) is 17.8 Å². The van der Waals surface area contributed by atoms with E-state index in [1.807, 2.05) is 0 Å². The van der Waals surface area contributed by atoms with Gasteiger partial charge in [0.25, 0.3) is 0 Å². The quantitative estimate of drug-likeness (QED) is 0.819. The maximum Gasteiger partial charge on any atom is 0.247 e. The molecule has 1 amide bonds. The van der Waals surface area contributed by atoms with E-state index < -0.39 is 0 Å². The summed E-state index contributed by atoms with van der Waals surface area (Å²) in [6.45, 7) is 3.63. The molecular formula is C15H19FN2O. The lowest BCUT2D eigenvalue weighted by Crippen LogP contribution is -2.45. The molecule has 0 aliphatic carbocycles. The molecule has 2 rings (SSSR count). The van der Waals surface area contributed by atoms with Crippen molar-refractivity contribution in [1.29, 1.82) is 0 Å². The third kappa shape index (κ3) is 4.17. The van der Waals surface area contributed by atoms with Crippen LogP contribution in [0.1, 0.15) is 25.3 Å². The summed E-state index contributed by atoms with van der Waals surface area (Å²) in [5.41, 5.74) is 1.47. The molecule has 1 heterocycles. The first kappa shape index (κ1) is 13.7. The zero-order chi connectivity index (χ0) is 13.7. The van der Waals surface area contributed by atoms with Gasteiger partial charge in [-0.2, -0.15) is 0 Å². The summed E-state index contributed by atoms with van der Waals surface area (Å²) in [6.07, 6.45) is 3.87. The van der Waals surface area contributed by atoms with Crippen LogP contribution < -0.4 is 10.6 Å². The Morgan fingerprint density at radius 2 is 2.16 bits per heavy atom. The van der Waals surface area contributed by atoms with Crippen LogP contribution in [0.5, 0.6) is 0 Å². The number of hydrogen-bond acceptors (Lipinski definition) is 2. The first-order valence-corrected chi connectivity index (χ1v) is 6.60. The van der Waals surface area contributed by atoms with Gasteiger partial charge in [0, 0.05) is 18.2 Å². The van der Waals surface area contributed by atoms with Crippen molar-refractivity contribution in [2.45, 2.75) is 25.8 Å². The van der Waals surface area contributed by atoms with Gasteiger partial charge in [0.2, 0.25) is 5.91 Å². The second-order valence-corrected chi connectivity index (χ2v) is 4.90. The van der Waals surface area contributed by atoms with Crippen LogP contribution in [0.4, 0.5) is 4.39 Å². The van der Waals surface area contributed by atoms with Gasteiger partial charge in [-0.3, -0.25) is 4.79 Å². The molecule has 2 N–H and O–H groups in total. The number of nitrogens with one attached hydrogen (secondary N) is 2. The molecule has 0 spiro atoms. The Morgan fingerprint density at radius 1 is 1.42 bits per heavy atom. The van der Waals surface area contributed by atoms with E-state index in [0.29, 0.717) is 5.57 Å². The highest BCUT2D eigenvalue weighted by molar-refractivity contribution is 5.97. The lowest BCUT2D eigenvalue weighted by Gasteiger charge is -2.23. The minimum atomic E-state index is -0.271. The first-order chi connectivity index (χ1) is 9.15. The highest BCUT2D eigenvalue weighted by Gasteiger charge is 2.15. The molecule has 1 fully saturated rings. The van der Waals surface area contributed by atoms with E-state index in [1.165, 1.54) is 12.1 Å². The number of benzene rings is 1. The van der Waals surface area contributed by atoms with Crippen LogP contribution in [-0.2, 0) is 4.79 Å². The normalized spacial score (nSPS) is 20.1. The summed E-state index contributed by atoms with van der Waals surface area (Å²) in [7, 11) is 0. The minimum absolute atomic E-state index is 0.0574. The van der Waals surface area contributed by atoms with Gasteiger partial charge in [0.15, 0.2) is 0 Å². The van der Waals surface area contributed by atoms with E-state index >= 15 is 0 Å². The molecule has 3 nitrogen and oxygen atoms in total. The fourth-order valence-corrected chi connectivity index (χ4v) is 2.15. The van der Waals surface area contributed by atoms with E-state index in [2.05, 4.69) is 10.6 Å². The highest BCUT2D eigenvalue weighted by Crippen LogP contribution is 2.09. The molecule has 1 saturated heterocycles. The molecule has 1 aromatic rings. The summed E-state index contributed by atoms with van der Waals surface area (Å²) in [6, 6.07) is 6.31. The summed E-state index contributed by atoms with van der Waals surface area (Å²) in [4.78, 5) is 12.0. The molecule has 4 heteroatoms. The number of carbonyl (C=O) groups excluding carboxylic acids is 1. The second-order valence-electron chi connectivity index (χ2n) is 4.90. The average Bonchev–Trinajstić information content (AvgIpc) is 2.42. The van der Waals surface area contributed by atoms with Crippen LogP contribution in [0.3, 0.4) is 0 Å². The van der Waals surface area contributed by atoms with Gasteiger partial charge in [-0.1, -0.05) is 12.1 Å². The van der Waals surface area contributed by atoms with Crippen molar-refractivity contribution in [3.63, 3.8) is 0 Å². The molecule has 0 aromatic heterocycles. The van der Waals surface area contributed by atoms with Gasteiger partial charge in [0.05, 0.1) is 0 Å². The minimum Gasteiger partial charge on any atom is -0.348 e. The molecule has 1 aliphatic heterocycles. The van der Waals surface area contributed by atoms with Gasteiger partial charge < -0.3 is 10.6 Å². The van der Waals surface area contributed by atoms with Gasteiger partial charge in [-0.05, 0) is 50.1 Å². The zero-order valence-electron chi connectivity index (χ0n) is 11.1. The number of rotatable bonds is 3. The summed E-state index contributed by atoms with van der Waals surface area (Å²) in [5.74, 6) is -0.328. The molecule has 1 atom stereocenters. The van der Waals surface area contributed by atoms with Crippen molar-refractivity contribution >= 4 is 12.0 Å². The molecule has 1 aliphatic rings. The lowest BCUT2D eigenvalue weighted by atomic mass is 10.1. The van der Waals surface area contributed by atoms with Crippen LogP contribution in [0, 0.1) is 5.82 Å². The van der Waals surface area contributed by atoms with Gasteiger partial charge in [-0.15, -0.1) is 0 Å². The van der Waals surface area contributed by atoms with Gasteiger partial charge in [0.1, 0.15) is 5.82 Å². The van der Waals surface area contributed by atoms with Crippen LogP contribution >= 0.6 is 0 Å². The van der Waals surface area contributed by atoms with Gasteiger partial charge in [-0.25, -0.2) is 4.39 Å². The molecule has 1 unspecified atom stereocenters. The summed E-state index contributed by atoms with van der Waals surface area (Å²) < 4.78 is 12.8. The van der Waals surface area contributed by atoms with Crippen molar-refractivity contribution < 1.29 is 9.18 Å². The third-order valence-electron chi connectivity index (χ3n) is 3.24. The molecule has 1 aromatic carbocycles. The predicted octanol–water partition coefficient (Wildman–Crippen LogP) is 2.10. The van der Waals surface area contributed by atoms with Crippen LogP contribution in [0.15, 0.2) is 29.8 Å². The zero-order valence-corrected chi connectivity index (χ0v) is 11.1. The Balaban J connectivity index is 1.95. The second kappa shape index (κ2) is 6.48. The van der Waals surface area contributed by atoms with Crippen LogP contribution in [-0.4, -0.2) is 25.0 Å². The Labute approximate surface area is 112 Å². The van der Waals surface area contributed by atoms with Crippen molar-refractivity contribution in [3.05, 3.63) is 41.2 Å². The standard InChI is InChI=1S/C15H19FN2O/c1-11(9-12-4-6-13(16)7-5-12)15(19)18-14-3-2-8-17-10-14/h4-7,9,14,17H,2-3,8,10H2,1H3,(H,18,19)/b11-9+. The Morgan fingerprint density at radius 3 is 2.79 bits per heavy atom. The smallest absolute Gasteiger partial charge is 0.247 e. The molecule has 0 radical (unpaired) electrons. The van der Waals surface area contributed by atoms with E-state index in [9.17, 15) is 9.18 Å². The molecule has 0 saturated carbocycles. The van der Waals surface area contributed by atoms with Crippen molar-refractivity contribution in [2.75, 3.05) is 13.1 Å². The Kier molecular flexibility index (Phi) is 4.68. The SMILES string of the molecule is C/C(=C\c1ccc(F)cc1)C(=O)NC1CCCNC1. The fraction of sp³-hybridized carbons (Fsp3) is 0.400. The number of halogens is 1. The van der Waals surface area contributed by atoms with Crippen molar-refractivity contribution in [3.8, 4) is 0 Å². The van der Waals surface area contributed by atoms with E-state index in [1.54, 1.807) is 25.1 Å². The molecule has 19 heavy (non-hydrogen) atoms. The maximum atomic E-state index is 12.8. The number of carbonyl (C=O) groups is 1. The van der Waals surface area contributed by atoms with Crippen molar-refractivity contribution in [1.82, 2.24) is 10.6 Å². The fourth-order valence-electron chi connectivity index (χ4n) is 2.15. The van der Waals surface area contributed by atoms with Gasteiger partial charge >= 0.3 is 0 Å². The average molecular weight is 262 g/mol. The van der Waals surface area contributed by atoms with Crippen LogP contribution in [0.2, 0.25) is 0 Å². The summed E-state index contributed by atoms with van der Waals surface area (Å²) in [5, 5.41) is 6.27. The largest absolute Gasteiger partial charge is 0.348 e. The lowest BCUT2D eigenvalue weighted by molar-refractivity contribution is -0.118. The monoisotopic (exact) mass is 262 g/mol. The maximum absolute atomic E-state index is 12.8. The number of hydrogen-bond donors (Lipinski definition) is 2. The first-order valence-electron chi connectivity index (χ1n) is 6.60.